The van der Waals surface area contributed by atoms with Crippen LogP contribution in [0.5, 0.6) is 5.75 Å². The van der Waals surface area contributed by atoms with Gasteiger partial charge in [0.05, 0.1) is 17.1 Å². The van der Waals surface area contributed by atoms with Crippen LogP contribution in [0.3, 0.4) is 0 Å². The van der Waals surface area contributed by atoms with Gasteiger partial charge in [-0.15, -0.1) is 0 Å². The number of nitro benzene ring substituents is 1. The number of nitrogens with zero attached hydrogens (tertiary/aromatic N) is 2. The molecule has 4 fully saturated rings. The molecule has 4 aliphatic rings. The molecule has 0 unspecified atom stereocenters. The lowest BCUT2D eigenvalue weighted by Crippen LogP contribution is -2.56. The second-order valence-electron chi connectivity index (χ2n) is 11.9. The summed E-state index contributed by atoms with van der Waals surface area (Å²) >= 11 is 0. The summed E-state index contributed by atoms with van der Waals surface area (Å²) in [5.41, 5.74) is -0.278. The highest BCUT2D eigenvalue weighted by Crippen LogP contribution is 2.68. The van der Waals surface area contributed by atoms with Crippen molar-refractivity contribution in [3.63, 3.8) is 0 Å². The van der Waals surface area contributed by atoms with Gasteiger partial charge in [-0.05, 0) is 86.5 Å². The smallest absolute Gasteiger partial charge is 0.270 e. The first-order valence-electron chi connectivity index (χ1n) is 12.9. The maximum atomic E-state index is 11.8. The Hall–Kier alpha value is -1.95. The summed E-state index contributed by atoms with van der Waals surface area (Å²) < 4.78 is 0. The molecule has 180 valence electrons. The molecule has 0 bridgehead atoms. The standard InChI is InChI=1S/C27H38N2O4/c1-25-12-4-3-5-19(25)6-8-21-22(25)10-13-26(2)23(21)11-14-27(26,31)17-28-16-18-15-20(29(32)33)7-9-24(18)30/h7,9,15-16,19,21-23,30-31H,3-6,8,10-14,17H2,1-2H3/t19-,21+,22-,23-,25-,26-,27-/m0/s1. The minimum atomic E-state index is -0.861. The molecule has 0 spiro atoms. The maximum Gasteiger partial charge on any atom is 0.270 e. The molecule has 4 saturated carbocycles. The van der Waals surface area contributed by atoms with Crippen LogP contribution in [0.2, 0.25) is 0 Å². The lowest BCUT2D eigenvalue weighted by Gasteiger charge is -2.61. The summed E-state index contributed by atoms with van der Waals surface area (Å²) in [6.07, 6.45) is 13.8. The molecule has 0 saturated heterocycles. The average Bonchev–Trinajstić information content (AvgIpc) is 3.05. The van der Waals surface area contributed by atoms with Crippen LogP contribution < -0.4 is 0 Å². The minimum absolute atomic E-state index is 0.0372. The van der Waals surface area contributed by atoms with E-state index in [1.165, 1.54) is 69.4 Å². The average molecular weight is 455 g/mol. The second kappa shape index (κ2) is 8.07. The number of benzene rings is 1. The van der Waals surface area contributed by atoms with Gasteiger partial charge in [0.15, 0.2) is 0 Å². The Kier molecular flexibility index (Phi) is 5.58. The Morgan fingerprint density at radius 2 is 1.88 bits per heavy atom. The summed E-state index contributed by atoms with van der Waals surface area (Å²) in [4.78, 5) is 15.1. The van der Waals surface area contributed by atoms with E-state index in [-0.39, 0.29) is 23.4 Å². The molecular formula is C27H38N2O4. The third-order valence-electron chi connectivity index (χ3n) is 10.7. The normalized spacial score (nSPS) is 42.5. The number of phenolic OH excluding ortho intramolecular Hbond substituents is 1. The van der Waals surface area contributed by atoms with Crippen molar-refractivity contribution in [2.45, 2.75) is 83.7 Å². The number of hydrogen-bond donors (Lipinski definition) is 2. The van der Waals surface area contributed by atoms with Gasteiger partial charge in [0.1, 0.15) is 5.75 Å². The van der Waals surface area contributed by atoms with Crippen molar-refractivity contribution in [1.82, 2.24) is 0 Å². The fraction of sp³-hybridized carbons (Fsp3) is 0.741. The highest BCUT2D eigenvalue weighted by atomic mass is 16.6. The van der Waals surface area contributed by atoms with Crippen molar-refractivity contribution in [2.24, 2.45) is 39.5 Å². The Balaban J connectivity index is 1.34. The van der Waals surface area contributed by atoms with E-state index in [4.69, 9.17) is 0 Å². The zero-order valence-corrected chi connectivity index (χ0v) is 20.0. The van der Waals surface area contributed by atoms with E-state index in [9.17, 15) is 20.3 Å². The van der Waals surface area contributed by atoms with Gasteiger partial charge in [0.2, 0.25) is 0 Å². The van der Waals surface area contributed by atoms with Crippen molar-refractivity contribution >= 4 is 11.9 Å². The van der Waals surface area contributed by atoms with Gasteiger partial charge in [-0.25, -0.2) is 0 Å². The summed E-state index contributed by atoms with van der Waals surface area (Å²) in [5.74, 6) is 2.90. The van der Waals surface area contributed by atoms with Crippen molar-refractivity contribution in [2.75, 3.05) is 6.54 Å². The largest absolute Gasteiger partial charge is 0.507 e. The number of aromatic hydroxyl groups is 1. The van der Waals surface area contributed by atoms with Gasteiger partial charge >= 0.3 is 0 Å². The molecular weight excluding hydrogens is 416 g/mol. The number of nitro groups is 1. The Bertz CT molecular complexity index is 963. The quantitative estimate of drug-likeness (QED) is 0.337. The van der Waals surface area contributed by atoms with Crippen LogP contribution in [0.1, 0.15) is 83.6 Å². The zero-order chi connectivity index (χ0) is 23.4. The van der Waals surface area contributed by atoms with Crippen molar-refractivity contribution in [1.29, 1.82) is 0 Å². The molecule has 0 aliphatic heterocycles. The predicted molar refractivity (Wildman–Crippen MR) is 129 cm³/mol. The number of fused-ring (bicyclic) bond motifs is 5. The number of non-ortho nitro benzene ring substituents is 1. The first-order chi connectivity index (χ1) is 15.7. The van der Waals surface area contributed by atoms with E-state index in [0.717, 1.165) is 31.1 Å². The highest BCUT2D eigenvalue weighted by Gasteiger charge is 2.64. The van der Waals surface area contributed by atoms with Crippen LogP contribution in [0, 0.1) is 44.6 Å². The molecule has 33 heavy (non-hydrogen) atoms. The topological polar surface area (TPSA) is 96.0 Å². The second-order valence-corrected chi connectivity index (χ2v) is 11.9. The lowest BCUT2D eigenvalue weighted by atomic mass is 9.44. The molecule has 4 aliphatic carbocycles. The molecule has 6 nitrogen and oxygen atoms in total. The molecule has 1 aromatic carbocycles. The van der Waals surface area contributed by atoms with E-state index >= 15 is 0 Å². The number of aliphatic hydroxyl groups is 1. The Morgan fingerprint density at radius 3 is 2.67 bits per heavy atom. The molecule has 6 heteroatoms. The van der Waals surface area contributed by atoms with E-state index in [0.29, 0.717) is 22.8 Å². The minimum Gasteiger partial charge on any atom is -0.507 e. The molecule has 7 atom stereocenters. The summed E-state index contributed by atoms with van der Waals surface area (Å²) in [7, 11) is 0. The van der Waals surface area contributed by atoms with Crippen molar-refractivity contribution < 1.29 is 15.1 Å². The molecule has 2 N–H and O–H groups in total. The molecule has 1 aromatic rings. The number of aliphatic imine (C=N–C) groups is 1. The summed E-state index contributed by atoms with van der Waals surface area (Å²) in [6.45, 7) is 5.14. The number of rotatable bonds is 4. The first-order valence-corrected chi connectivity index (χ1v) is 12.9. The van der Waals surface area contributed by atoms with Crippen molar-refractivity contribution in [3.05, 3.63) is 33.9 Å². The predicted octanol–water partition coefficient (Wildman–Crippen LogP) is 5.88. The fourth-order valence-corrected chi connectivity index (χ4v) is 8.72. The molecule has 0 heterocycles. The summed E-state index contributed by atoms with van der Waals surface area (Å²) in [5, 5.41) is 33.0. The van der Waals surface area contributed by atoms with Gasteiger partial charge in [-0.1, -0.05) is 26.7 Å². The lowest BCUT2D eigenvalue weighted by molar-refractivity contribution is -0.384. The van der Waals surface area contributed by atoms with E-state index in [1.54, 1.807) is 0 Å². The third-order valence-corrected chi connectivity index (χ3v) is 10.7. The van der Waals surface area contributed by atoms with Gasteiger partial charge in [0, 0.05) is 29.3 Å². The molecule has 0 radical (unpaired) electrons. The van der Waals surface area contributed by atoms with Crippen LogP contribution in [0.4, 0.5) is 5.69 Å². The van der Waals surface area contributed by atoms with Gasteiger partial charge < -0.3 is 10.2 Å². The molecule has 0 aromatic heterocycles. The van der Waals surface area contributed by atoms with Crippen molar-refractivity contribution in [3.8, 4) is 5.75 Å². The number of hydrogen-bond acceptors (Lipinski definition) is 5. The fourth-order valence-electron chi connectivity index (χ4n) is 8.72. The van der Waals surface area contributed by atoms with Crippen LogP contribution in [-0.4, -0.2) is 33.5 Å². The third kappa shape index (κ3) is 3.51. The van der Waals surface area contributed by atoms with E-state index < -0.39 is 10.5 Å². The van der Waals surface area contributed by atoms with E-state index in [2.05, 4.69) is 18.8 Å². The summed E-state index contributed by atoms with van der Waals surface area (Å²) in [6, 6.07) is 3.93. The Labute approximate surface area is 196 Å². The van der Waals surface area contributed by atoms with Gasteiger partial charge in [-0.3, -0.25) is 15.1 Å². The van der Waals surface area contributed by atoms with Crippen LogP contribution in [0.25, 0.3) is 0 Å². The van der Waals surface area contributed by atoms with Crippen LogP contribution >= 0.6 is 0 Å². The van der Waals surface area contributed by atoms with Gasteiger partial charge in [0.25, 0.3) is 5.69 Å². The zero-order valence-electron chi connectivity index (χ0n) is 20.0. The first kappa shape index (κ1) is 22.8. The maximum absolute atomic E-state index is 11.8. The number of phenols is 1. The SMILES string of the molecule is C[C@]12CCCC[C@H]1CC[C@@H]1[C@@H]2CC[C@@]2(C)[C@H]1CC[C@]2(O)CN=Cc1cc([N+](=O)[O-])ccc1O. The highest BCUT2D eigenvalue weighted by molar-refractivity contribution is 5.84. The van der Waals surface area contributed by atoms with Gasteiger partial charge in [-0.2, -0.15) is 0 Å². The van der Waals surface area contributed by atoms with Crippen LogP contribution in [-0.2, 0) is 0 Å². The van der Waals surface area contributed by atoms with E-state index in [1.807, 2.05) is 0 Å². The monoisotopic (exact) mass is 454 g/mol. The van der Waals surface area contributed by atoms with Crippen LogP contribution in [0.15, 0.2) is 23.2 Å². The Morgan fingerprint density at radius 1 is 1.09 bits per heavy atom. The molecule has 5 rings (SSSR count). The molecule has 0 amide bonds.